The van der Waals surface area contributed by atoms with Gasteiger partial charge in [0.2, 0.25) is 5.91 Å². The number of nitrogens with one attached hydrogen (secondary N) is 2. The number of carbonyl (C=O) groups is 2. The molecule has 2 N–H and O–H groups in total. The van der Waals surface area contributed by atoms with Gasteiger partial charge in [-0.25, -0.2) is 4.98 Å². The monoisotopic (exact) mass is 357 g/mol. The molecule has 0 spiro atoms. The van der Waals surface area contributed by atoms with Crippen molar-refractivity contribution in [3.63, 3.8) is 0 Å². The first kappa shape index (κ1) is 16.4. The summed E-state index contributed by atoms with van der Waals surface area (Å²) >= 11 is 2.96. The zero-order valence-corrected chi connectivity index (χ0v) is 14.5. The van der Waals surface area contributed by atoms with Crippen LogP contribution in [-0.4, -0.2) is 23.3 Å². The molecule has 1 aromatic carbocycles. The number of thiazole rings is 1. The molecule has 0 aliphatic heterocycles. The van der Waals surface area contributed by atoms with Crippen LogP contribution in [0.1, 0.15) is 15.9 Å². The Morgan fingerprint density at radius 2 is 1.96 bits per heavy atom. The Morgan fingerprint density at radius 1 is 1.12 bits per heavy atom. The number of hydrogen-bond donors (Lipinski definition) is 2. The van der Waals surface area contributed by atoms with Crippen molar-refractivity contribution in [2.45, 2.75) is 6.92 Å². The highest BCUT2D eigenvalue weighted by Gasteiger charge is 2.12. The third kappa shape index (κ3) is 3.87. The lowest BCUT2D eigenvalue weighted by Crippen LogP contribution is -2.33. The zero-order chi connectivity index (χ0) is 16.9. The van der Waals surface area contributed by atoms with Crippen molar-refractivity contribution in [3.05, 3.63) is 58.3 Å². The summed E-state index contributed by atoms with van der Waals surface area (Å²) in [4.78, 5) is 29.5. The van der Waals surface area contributed by atoms with Gasteiger partial charge >= 0.3 is 0 Å². The fourth-order valence-electron chi connectivity index (χ4n) is 2.12. The number of rotatable bonds is 5. The van der Waals surface area contributed by atoms with Crippen LogP contribution < -0.4 is 10.6 Å². The molecular formula is C17H15N3O2S2. The summed E-state index contributed by atoms with van der Waals surface area (Å²) < 4.78 is 0. The van der Waals surface area contributed by atoms with Gasteiger partial charge in [0.1, 0.15) is 0 Å². The van der Waals surface area contributed by atoms with Crippen LogP contribution in [0, 0.1) is 6.92 Å². The highest BCUT2D eigenvalue weighted by molar-refractivity contribution is 7.16. The van der Waals surface area contributed by atoms with Gasteiger partial charge in [-0.05, 0) is 30.0 Å². The van der Waals surface area contributed by atoms with E-state index in [2.05, 4.69) is 15.6 Å². The second-order valence-corrected chi connectivity index (χ2v) is 6.87. The molecule has 0 saturated carbocycles. The van der Waals surface area contributed by atoms with Gasteiger partial charge in [-0.2, -0.15) is 0 Å². The van der Waals surface area contributed by atoms with Crippen LogP contribution in [0.2, 0.25) is 0 Å². The molecule has 0 unspecified atom stereocenters. The van der Waals surface area contributed by atoms with Crippen molar-refractivity contribution in [1.29, 1.82) is 0 Å². The number of aromatic nitrogens is 1. The molecule has 0 fully saturated rings. The van der Waals surface area contributed by atoms with Crippen LogP contribution in [0.4, 0.5) is 5.13 Å². The molecule has 3 rings (SSSR count). The number of benzene rings is 1. The molecule has 5 nitrogen and oxygen atoms in total. The highest BCUT2D eigenvalue weighted by atomic mass is 32.1. The van der Waals surface area contributed by atoms with Crippen molar-refractivity contribution in [2.75, 3.05) is 11.9 Å². The van der Waals surface area contributed by atoms with Crippen LogP contribution in [0.5, 0.6) is 0 Å². The summed E-state index contributed by atoms with van der Waals surface area (Å²) in [6.45, 7) is 1.76. The molecular weight excluding hydrogens is 342 g/mol. The summed E-state index contributed by atoms with van der Waals surface area (Å²) in [6, 6.07) is 11.2. The van der Waals surface area contributed by atoms with Gasteiger partial charge in [-0.1, -0.05) is 24.3 Å². The minimum Gasteiger partial charge on any atom is -0.343 e. The van der Waals surface area contributed by atoms with Gasteiger partial charge < -0.3 is 10.6 Å². The Hall–Kier alpha value is -2.51. The Balaban J connectivity index is 1.55. The van der Waals surface area contributed by atoms with E-state index in [4.69, 9.17) is 0 Å². The van der Waals surface area contributed by atoms with E-state index in [-0.39, 0.29) is 18.4 Å². The van der Waals surface area contributed by atoms with E-state index in [0.29, 0.717) is 10.7 Å². The van der Waals surface area contributed by atoms with Crippen LogP contribution in [0.25, 0.3) is 10.6 Å². The van der Waals surface area contributed by atoms with Crippen LogP contribution >= 0.6 is 22.7 Å². The number of carbonyl (C=O) groups excluding carboxylic acids is 2. The molecule has 0 radical (unpaired) electrons. The molecule has 0 saturated heterocycles. The Bertz CT molecular complexity index is 856. The van der Waals surface area contributed by atoms with Crippen molar-refractivity contribution < 1.29 is 9.59 Å². The number of aryl methyl sites for hydroxylation is 1. The topological polar surface area (TPSA) is 71.1 Å². The Labute approximate surface area is 147 Å². The van der Waals surface area contributed by atoms with E-state index in [1.807, 2.05) is 41.9 Å². The maximum absolute atomic E-state index is 12.1. The van der Waals surface area contributed by atoms with Crippen LogP contribution in [0.15, 0.2) is 47.2 Å². The predicted molar refractivity (Wildman–Crippen MR) is 97.6 cm³/mol. The van der Waals surface area contributed by atoms with Gasteiger partial charge in [0.15, 0.2) is 5.13 Å². The summed E-state index contributed by atoms with van der Waals surface area (Å²) in [7, 11) is 0. The number of anilines is 1. The normalized spacial score (nSPS) is 10.4. The molecule has 2 aromatic heterocycles. The average Bonchev–Trinajstić information content (AvgIpc) is 3.24. The quantitative estimate of drug-likeness (QED) is 0.733. The fraction of sp³-hybridized carbons (Fsp3) is 0.118. The molecule has 122 valence electrons. The molecule has 0 atom stereocenters. The van der Waals surface area contributed by atoms with E-state index in [9.17, 15) is 9.59 Å². The second-order valence-electron chi connectivity index (χ2n) is 5.06. The first-order valence-corrected chi connectivity index (χ1v) is 9.02. The standard InChI is InChI=1S/C17H15N3O2S2/c1-11-5-2-3-6-12(11)16(22)18-9-15(21)20-17-19-13(10-24-17)14-7-4-8-23-14/h2-8,10H,9H2,1H3,(H,18,22)(H,19,20,21). The fourth-order valence-corrected chi connectivity index (χ4v) is 3.60. The minimum atomic E-state index is -0.302. The molecule has 2 heterocycles. The van der Waals surface area contributed by atoms with Gasteiger partial charge in [-0.3, -0.25) is 9.59 Å². The smallest absolute Gasteiger partial charge is 0.251 e. The molecule has 0 aliphatic carbocycles. The van der Waals surface area contributed by atoms with Crippen molar-refractivity contribution in [2.24, 2.45) is 0 Å². The predicted octanol–water partition coefficient (Wildman–Crippen LogP) is 3.55. The maximum atomic E-state index is 12.1. The van der Waals surface area contributed by atoms with E-state index < -0.39 is 0 Å². The molecule has 7 heteroatoms. The van der Waals surface area contributed by atoms with Gasteiger partial charge in [0.05, 0.1) is 17.1 Å². The van der Waals surface area contributed by atoms with Gasteiger partial charge in [-0.15, -0.1) is 22.7 Å². The highest BCUT2D eigenvalue weighted by Crippen LogP contribution is 2.28. The number of nitrogens with zero attached hydrogens (tertiary/aromatic N) is 1. The van der Waals surface area contributed by atoms with E-state index in [0.717, 1.165) is 16.1 Å². The third-order valence-electron chi connectivity index (χ3n) is 3.32. The molecule has 0 aliphatic rings. The van der Waals surface area contributed by atoms with E-state index in [1.165, 1.54) is 11.3 Å². The zero-order valence-electron chi connectivity index (χ0n) is 12.9. The first-order chi connectivity index (χ1) is 11.6. The van der Waals surface area contributed by atoms with Crippen molar-refractivity contribution >= 4 is 39.6 Å². The number of thiophene rings is 1. The van der Waals surface area contributed by atoms with E-state index >= 15 is 0 Å². The summed E-state index contributed by atoms with van der Waals surface area (Å²) in [6.07, 6.45) is 0. The molecule has 24 heavy (non-hydrogen) atoms. The molecule has 0 bridgehead atoms. The summed E-state index contributed by atoms with van der Waals surface area (Å²) in [5.74, 6) is -0.564. The molecule has 3 aromatic rings. The van der Waals surface area contributed by atoms with Crippen LogP contribution in [0.3, 0.4) is 0 Å². The summed E-state index contributed by atoms with van der Waals surface area (Å²) in [5, 5.41) is 9.72. The Kier molecular flexibility index (Phi) is 5.02. The molecule has 2 amide bonds. The van der Waals surface area contributed by atoms with Crippen molar-refractivity contribution in [1.82, 2.24) is 10.3 Å². The summed E-state index contributed by atoms with van der Waals surface area (Å²) in [5.41, 5.74) is 2.28. The number of hydrogen-bond acceptors (Lipinski definition) is 5. The maximum Gasteiger partial charge on any atom is 0.251 e. The third-order valence-corrected chi connectivity index (χ3v) is 4.97. The average molecular weight is 357 g/mol. The first-order valence-electron chi connectivity index (χ1n) is 7.26. The number of amides is 2. The van der Waals surface area contributed by atoms with Crippen molar-refractivity contribution in [3.8, 4) is 10.6 Å². The largest absolute Gasteiger partial charge is 0.343 e. The SMILES string of the molecule is Cc1ccccc1C(=O)NCC(=O)Nc1nc(-c2cccs2)cs1. The Morgan fingerprint density at radius 3 is 2.71 bits per heavy atom. The minimum absolute atomic E-state index is 0.0961. The lowest BCUT2D eigenvalue weighted by atomic mass is 10.1. The lowest BCUT2D eigenvalue weighted by Gasteiger charge is -2.07. The van der Waals surface area contributed by atoms with Gasteiger partial charge in [0.25, 0.3) is 5.91 Å². The van der Waals surface area contributed by atoms with E-state index in [1.54, 1.807) is 23.5 Å². The lowest BCUT2D eigenvalue weighted by molar-refractivity contribution is -0.115. The van der Waals surface area contributed by atoms with Crippen LogP contribution in [-0.2, 0) is 4.79 Å². The van der Waals surface area contributed by atoms with Gasteiger partial charge in [0, 0.05) is 10.9 Å². The second kappa shape index (κ2) is 7.37.